The first kappa shape index (κ1) is 20.9. The van der Waals surface area contributed by atoms with Gasteiger partial charge < -0.3 is 20.1 Å². The van der Waals surface area contributed by atoms with Crippen LogP contribution in [0.3, 0.4) is 0 Å². The first-order valence-electron chi connectivity index (χ1n) is 9.42. The summed E-state index contributed by atoms with van der Waals surface area (Å²) in [7, 11) is 3.11. The lowest BCUT2D eigenvalue weighted by atomic mass is 10.1. The fourth-order valence-electron chi connectivity index (χ4n) is 2.82. The van der Waals surface area contributed by atoms with Crippen molar-refractivity contribution in [2.75, 3.05) is 27.3 Å². The third kappa shape index (κ3) is 5.35. The number of aromatic nitrogens is 1. The van der Waals surface area contributed by atoms with Gasteiger partial charge in [0, 0.05) is 30.6 Å². The van der Waals surface area contributed by atoms with E-state index < -0.39 is 0 Å². The molecule has 7 nitrogen and oxygen atoms in total. The van der Waals surface area contributed by atoms with Gasteiger partial charge in [0.05, 0.1) is 19.7 Å². The molecule has 3 rings (SSSR count). The maximum Gasteiger partial charge on any atom is 0.269 e. The summed E-state index contributed by atoms with van der Waals surface area (Å²) >= 11 is 0. The molecule has 0 spiro atoms. The van der Waals surface area contributed by atoms with Crippen LogP contribution < -0.4 is 20.1 Å². The standard InChI is InChI=1S/C23H23N3O4/c1-29-20-14-17-9-10-18(26-19(17)15-21(20)30-2)23(28)25-13-12-24-22(27)11-8-16-6-4-3-5-7-16/h3-11,14-15H,12-13H2,1-2H3,(H,24,27)(H,25,28)/b11-8+. The van der Waals surface area contributed by atoms with Gasteiger partial charge in [0.2, 0.25) is 5.91 Å². The predicted octanol–water partition coefficient (Wildman–Crippen LogP) is 2.81. The highest BCUT2D eigenvalue weighted by atomic mass is 16.5. The molecule has 0 aliphatic carbocycles. The van der Waals surface area contributed by atoms with E-state index in [1.165, 1.54) is 6.08 Å². The van der Waals surface area contributed by atoms with Crippen LogP contribution >= 0.6 is 0 Å². The average molecular weight is 405 g/mol. The normalized spacial score (nSPS) is 10.7. The zero-order valence-corrected chi connectivity index (χ0v) is 16.8. The zero-order chi connectivity index (χ0) is 21.3. The summed E-state index contributed by atoms with van der Waals surface area (Å²) in [6.07, 6.45) is 3.19. The predicted molar refractivity (Wildman–Crippen MR) is 116 cm³/mol. The minimum atomic E-state index is -0.319. The van der Waals surface area contributed by atoms with Gasteiger partial charge in [-0.1, -0.05) is 36.4 Å². The Balaban J connectivity index is 1.52. The van der Waals surface area contributed by atoms with Crippen LogP contribution in [0.15, 0.2) is 60.7 Å². The van der Waals surface area contributed by atoms with Gasteiger partial charge in [-0.15, -0.1) is 0 Å². The first-order chi connectivity index (χ1) is 14.6. The average Bonchev–Trinajstić information content (AvgIpc) is 2.79. The van der Waals surface area contributed by atoms with Crippen molar-refractivity contribution >= 4 is 28.8 Å². The van der Waals surface area contributed by atoms with Gasteiger partial charge >= 0.3 is 0 Å². The molecule has 30 heavy (non-hydrogen) atoms. The van der Waals surface area contributed by atoms with E-state index in [0.717, 1.165) is 10.9 Å². The minimum Gasteiger partial charge on any atom is -0.493 e. The molecule has 0 fully saturated rings. The Labute approximate surface area is 174 Å². The van der Waals surface area contributed by atoms with E-state index >= 15 is 0 Å². The molecule has 0 bridgehead atoms. The third-order valence-corrected chi connectivity index (χ3v) is 4.36. The monoisotopic (exact) mass is 405 g/mol. The molecule has 0 saturated heterocycles. The molecule has 0 unspecified atom stereocenters. The van der Waals surface area contributed by atoms with E-state index in [0.29, 0.717) is 23.6 Å². The molecule has 0 aliphatic heterocycles. The molecular formula is C23H23N3O4. The van der Waals surface area contributed by atoms with Crippen molar-refractivity contribution in [3.63, 3.8) is 0 Å². The second kappa shape index (κ2) is 10.1. The highest BCUT2D eigenvalue weighted by Gasteiger charge is 2.11. The fraction of sp³-hybridized carbons (Fsp3) is 0.174. The molecule has 0 atom stereocenters. The van der Waals surface area contributed by atoms with E-state index in [2.05, 4.69) is 15.6 Å². The molecule has 2 N–H and O–H groups in total. The van der Waals surface area contributed by atoms with E-state index in [4.69, 9.17) is 9.47 Å². The summed E-state index contributed by atoms with van der Waals surface area (Å²) in [6.45, 7) is 0.595. The molecule has 0 saturated carbocycles. The number of carbonyl (C=O) groups is 2. The number of pyridine rings is 1. The molecule has 7 heteroatoms. The number of hydrogen-bond acceptors (Lipinski definition) is 5. The summed E-state index contributed by atoms with van der Waals surface area (Å²) in [5, 5.41) is 6.31. The molecule has 1 aromatic heterocycles. The Morgan fingerprint density at radius 2 is 1.63 bits per heavy atom. The lowest BCUT2D eigenvalue weighted by Gasteiger charge is -2.10. The molecule has 1 heterocycles. The molecule has 0 aliphatic rings. The lowest BCUT2D eigenvalue weighted by Crippen LogP contribution is -2.34. The SMILES string of the molecule is COc1cc2ccc(C(=O)NCCNC(=O)/C=C/c3ccccc3)nc2cc1OC. The Bertz CT molecular complexity index is 1060. The summed E-state index contributed by atoms with van der Waals surface area (Å²) in [6, 6.07) is 16.5. The van der Waals surface area contributed by atoms with Crippen LogP contribution in [0.4, 0.5) is 0 Å². The summed E-state index contributed by atoms with van der Waals surface area (Å²) in [5.74, 6) is 0.598. The second-order valence-corrected chi connectivity index (χ2v) is 6.39. The van der Waals surface area contributed by atoms with Crippen molar-refractivity contribution in [1.29, 1.82) is 0 Å². The Morgan fingerprint density at radius 3 is 2.37 bits per heavy atom. The van der Waals surface area contributed by atoms with Gasteiger partial charge in [-0.25, -0.2) is 4.98 Å². The number of benzene rings is 2. The molecule has 154 valence electrons. The third-order valence-electron chi connectivity index (χ3n) is 4.36. The first-order valence-corrected chi connectivity index (χ1v) is 9.42. The van der Waals surface area contributed by atoms with Gasteiger partial charge in [-0.2, -0.15) is 0 Å². The number of carbonyl (C=O) groups excluding carboxylic acids is 2. The number of ether oxygens (including phenoxy) is 2. The van der Waals surface area contributed by atoms with Crippen LogP contribution in [-0.2, 0) is 4.79 Å². The van der Waals surface area contributed by atoms with Crippen LogP contribution in [-0.4, -0.2) is 44.1 Å². The molecule has 2 aromatic carbocycles. The van der Waals surface area contributed by atoms with Gasteiger partial charge in [-0.05, 0) is 23.8 Å². The van der Waals surface area contributed by atoms with E-state index in [9.17, 15) is 9.59 Å². The van der Waals surface area contributed by atoms with Crippen LogP contribution in [0.1, 0.15) is 16.1 Å². The van der Waals surface area contributed by atoms with Gasteiger partial charge in [0.25, 0.3) is 5.91 Å². The largest absolute Gasteiger partial charge is 0.493 e. The van der Waals surface area contributed by atoms with Gasteiger partial charge in [-0.3, -0.25) is 9.59 Å². The van der Waals surface area contributed by atoms with Crippen molar-refractivity contribution in [2.24, 2.45) is 0 Å². The number of methoxy groups -OCH3 is 2. The summed E-state index contributed by atoms with van der Waals surface area (Å²) in [5.41, 5.74) is 1.85. The van der Waals surface area contributed by atoms with Crippen molar-refractivity contribution in [3.8, 4) is 11.5 Å². The number of amides is 2. The summed E-state index contributed by atoms with van der Waals surface area (Å²) < 4.78 is 10.6. The van der Waals surface area contributed by atoms with Crippen molar-refractivity contribution in [1.82, 2.24) is 15.6 Å². The molecular weight excluding hydrogens is 382 g/mol. The van der Waals surface area contributed by atoms with Crippen LogP contribution in [0, 0.1) is 0 Å². The lowest BCUT2D eigenvalue weighted by molar-refractivity contribution is -0.116. The van der Waals surface area contributed by atoms with Gasteiger partial charge in [0.1, 0.15) is 5.69 Å². The number of nitrogens with one attached hydrogen (secondary N) is 2. The van der Waals surface area contributed by atoms with Crippen LogP contribution in [0.2, 0.25) is 0 Å². The Kier molecular flexibility index (Phi) is 7.00. The zero-order valence-electron chi connectivity index (χ0n) is 16.8. The highest BCUT2D eigenvalue weighted by Crippen LogP contribution is 2.31. The summed E-state index contributed by atoms with van der Waals surface area (Å²) in [4.78, 5) is 28.6. The van der Waals surface area contributed by atoms with E-state index in [1.807, 2.05) is 30.3 Å². The maximum atomic E-state index is 12.4. The number of rotatable bonds is 8. The van der Waals surface area contributed by atoms with Crippen molar-refractivity contribution in [2.45, 2.75) is 0 Å². The molecule has 2 amide bonds. The van der Waals surface area contributed by atoms with E-state index in [-0.39, 0.29) is 24.1 Å². The smallest absolute Gasteiger partial charge is 0.269 e. The van der Waals surface area contributed by atoms with Crippen LogP contribution in [0.5, 0.6) is 11.5 Å². The number of fused-ring (bicyclic) bond motifs is 1. The number of nitrogens with zero attached hydrogens (tertiary/aromatic N) is 1. The molecule has 0 radical (unpaired) electrons. The Morgan fingerprint density at radius 1 is 0.933 bits per heavy atom. The quantitative estimate of drug-likeness (QED) is 0.444. The molecule has 3 aromatic rings. The van der Waals surface area contributed by atoms with Crippen molar-refractivity contribution in [3.05, 3.63) is 71.9 Å². The highest BCUT2D eigenvalue weighted by molar-refractivity contribution is 5.95. The second-order valence-electron chi connectivity index (χ2n) is 6.39. The fourth-order valence-corrected chi connectivity index (χ4v) is 2.82. The van der Waals surface area contributed by atoms with E-state index in [1.54, 1.807) is 44.6 Å². The van der Waals surface area contributed by atoms with Gasteiger partial charge in [0.15, 0.2) is 11.5 Å². The number of hydrogen-bond donors (Lipinski definition) is 2. The topological polar surface area (TPSA) is 89.6 Å². The minimum absolute atomic E-state index is 0.224. The van der Waals surface area contributed by atoms with Crippen LogP contribution in [0.25, 0.3) is 17.0 Å². The Hall–Kier alpha value is -3.87. The maximum absolute atomic E-state index is 12.4. The van der Waals surface area contributed by atoms with Crippen molar-refractivity contribution < 1.29 is 19.1 Å².